The van der Waals surface area contributed by atoms with E-state index in [1.165, 1.54) is 24.3 Å². The van der Waals surface area contributed by atoms with Crippen LogP contribution in [0.5, 0.6) is 0 Å². The number of nitrogens with one attached hydrogen (secondary N) is 2. The lowest BCUT2D eigenvalue weighted by molar-refractivity contribution is 0.0951. The number of benzene rings is 3. The third-order valence-electron chi connectivity index (χ3n) is 4.52. The summed E-state index contributed by atoms with van der Waals surface area (Å²) in [6, 6.07) is 20.6. The number of nitrogens with zero attached hydrogens (tertiary/aromatic N) is 2. The summed E-state index contributed by atoms with van der Waals surface area (Å²) < 4.78 is 26.1. The standard InChI is InChI=1S/C24H18F2N4O/c25-19-8-4-16(5-9-19)15-28-24(31)18-2-1-3-21(14-18)29-22-12-13-27-23(30-22)17-6-10-20(26)11-7-17/h1-14H,15H2,(H,28,31)(H,27,29,30). The van der Waals surface area contributed by atoms with Gasteiger partial charge in [-0.2, -0.15) is 0 Å². The van der Waals surface area contributed by atoms with E-state index in [0.717, 1.165) is 5.56 Å². The van der Waals surface area contributed by atoms with Gasteiger partial charge in [0.15, 0.2) is 5.82 Å². The number of hydrogen-bond acceptors (Lipinski definition) is 4. The second kappa shape index (κ2) is 9.13. The van der Waals surface area contributed by atoms with Crippen LogP contribution in [0, 0.1) is 11.6 Å². The van der Waals surface area contributed by atoms with Gasteiger partial charge in [-0.1, -0.05) is 18.2 Å². The van der Waals surface area contributed by atoms with Crippen molar-refractivity contribution in [1.29, 1.82) is 0 Å². The largest absolute Gasteiger partial charge is 0.348 e. The third-order valence-corrected chi connectivity index (χ3v) is 4.52. The predicted molar refractivity (Wildman–Crippen MR) is 115 cm³/mol. The monoisotopic (exact) mass is 416 g/mol. The molecule has 4 aromatic rings. The van der Waals surface area contributed by atoms with Crippen molar-refractivity contribution in [3.05, 3.63) is 108 Å². The quantitative estimate of drug-likeness (QED) is 0.459. The molecule has 0 unspecified atom stereocenters. The number of amides is 1. The molecular weight excluding hydrogens is 398 g/mol. The topological polar surface area (TPSA) is 66.9 Å². The van der Waals surface area contributed by atoms with Crippen LogP contribution in [-0.4, -0.2) is 15.9 Å². The van der Waals surface area contributed by atoms with Crippen molar-refractivity contribution in [3.8, 4) is 11.4 Å². The fourth-order valence-electron chi connectivity index (χ4n) is 2.94. The summed E-state index contributed by atoms with van der Waals surface area (Å²) in [7, 11) is 0. The molecule has 1 amide bonds. The molecule has 0 fully saturated rings. The number of anilines is 2. The highest BCUT2D eigenvalue weighted by molar-refractivity contribution is 5.95. The fourth-order valence-corrected chi connectivity index (χ4v) is 2.94. The lowest BCUT2D eigenvalue weighted by Crippen LogP contribution is -2.22. The van der Waals surface area contributed by atoms with Crippen LogP contribution in [0.1, 0.15) is 15.9 Å². The highest BCUT2D eigenvalue weighted by Gasteiger charge is 2.08. The molecule has 7 heteroatoms. The Morgan fingerprint density at radius 1 is 0.871 bits per heavy atom. The minimum Gasteiger partial charge on any atom is -0.348 e. The molecule has 1 aromatic heterocycles. The number of carbonyl (C=O) groups excluding carboxylic acids is 1. The van der Waals surface area contributed by atoms with Crippen LogP contribution < -0.4 is 10.6 Å². The van der Waals surface area contributed by atoms with Crippen LogP contribution in [0.3, 0.4) is 0 Å². The van der Waals surface area contributed by atoms with Crippen molar-refractivity contribution in [3.63, 3.8) is 0 Å². The van der Waals surface area contributed by atoms with Gasteiger partial charge < -0.3 is 10.6 Å². The molecule has 0 spiro atoms. The second-order valence-electron chi connectivity index (χ2n) is 6.79. The highest BCUT2D eigenvalue weighted by atomic mass is 19.1. The van der Waals surface area contributed by atoms with Crippen molar-refractivity contribution in [1.82, 2.24) is 15.3 Å². The molecule has 1 heterocycles. The van der Waals surface area contributed by atoms with Gasteiger partial charge in [-0.25, -0.2) is 18.7 Å². The summed E-state index contributed by atoms with van der Waals surface area (Å²) in [5.74, 6) is 0.104. The van der Waals surface area contributed by atoms with Gasteiger partial charge in [-0.05, 0) is 66.2 Å². The lowest BCUT2D eigenvalue weighted by Gasteiger charge is -2.10. The molecule has 0 aliphatic heterocycles. The Morgan fingerprint density at radius 2 is 1.58 bits per heavy atom. The van der Waals surface area contributed by atoms with E-state index in [2.05, 4.69) is 20.6 Å². The fraction of sp³-hybridized carbons (Fsp3) is 0.0417. The first kappa shape index (κ1) is 20.2. The number of hydrogen-bond donors (Lipinski definition) is 2. The van der Waals surface area contributed by atoms with Crippen LogP contribution in [0.2, 0.25) is 0 Å². The van der Waals surface area contributed by atoms with E-state index in [4.69, 9.17) is 0 Å². The minimum atomic E-state index is -0.326. The molecule has 0 aliphatic carbocycles. The van der Waals surface area contributed by atoms with E-state index in [0.29, 0.717) is 35.0 Å². The zero-order valence-electron chi connectivity index (χ0n) is 16.3. The zero-order chi connectivity index (χ0) is 21.6. The van der Waals surface area contributed by atoms with Gasteiger partial charge >= 0.3 is 0 Å². The average Bonchev–Trinajstić information content (AvgIpc) is 2.79. The maximum absolute atomic E-state index is 13.1. The van der Waals surface area contributed by atoms with Gasteiger partial charge in [0.2, 0.25) is 0 Å². The van der Waals surface area contributed by atoms with Crippen molar-refractivity contribution < 1.29 is 13.6 Å². The summed E-state index contributed by atoms with van der Waals surface area (Å²) >= 11 is 0. The molecule has 4 rings (SSSR count). The molecule has 31 heavy (non-hydrogen) atoms. The average molecular weight is 416 g/mol. The molecule has 0 atom stereocenters. The van der Waals surface area contributed by atoms with Gasteiger partial charge in [0, 0.05) is 29.6 Å². The first-order valence-corrected chi connectivity index (χ1v) is 9.55. The molecule has 2 N–H and O–H groups in total. The Balaban J connectivity index is 1.44. The van der Waals surface area contributed by atoms with E-state index < -0.39 is 0 Å². The first-order valence-electron chi connectivity index (χ1n) is 9.55. The van der Waals surface area contributed by atoms with Crippen molar-refractivity contribution >= 4 is 17.4 Å². The summed E-state index contributed by atoms with van der Waals surface area (Å²) in [6.07, 6.45) is 1.60. The lowest BCUT2D eigenvalue weighted by atomic mass is 10.1. The van der Waals surface area contributed by atoms with E-state index >= 15 is 0 Å². The highest BCUT2D eigenvalue weighted by Crippen LogP contribution is 2.20. The Bertz CT molecular complexity index is 1190. The molecule has 154 valence electrons. The van der Waals surface area contributed by atoms with Gasteiger partial charge in [0.1, 0.15) is 17.5 Å². The normalized spacial score (nSPS) is 10.5. The van der Waals surface area contributed by atoms with Crippen LogP contribution in [0.4, 0.5) is 20.3 Å². The summed E-state index contributed by atoms with van der Waals surface area (Å²) in [5.41, 5.74) is 2.65. The minimum absolute atomic E-state index is 0.248. The molecule has 5 nitrogen and oxygen atoms in total. The van der Waals surface area contributed by atoms with Crippen LogP contribution in [0.15, 0.2) is 85.1 Å². The third kappa shape index (κ3) is 5.27. The smallest absolute Gasteiger partial charge is 0.251 e. The number of carbonyl (C=O) groups is 1. The van der Waals surface area contributed by atoms with E-state index in [9.17, 15) is 13.6 Å². The molecule has 0 aliphatic rings. The van der Waals surface area contributed by atoms with Crippen LogP contribution in [-0.2, 0) is 6.54 Å². The molecule has 0 radical (unpaired) electrons. The maximum Gasteiger partial charge on any atom is 0.251 e. The maximum atomic E-state index is 13.1. The second-order valence-corrected chi connectivity index (χ2v) is 6.79. The summed E-state index contributed by atoms with van der Waals surface area (Å²) in [5, 5.41) is 5.97. The first-order chi connectivity index (χ1) is 15.1. The van der Waals surface area contributed by atoms with E-state index in [1.807, 2.05) is 6.07 Å². The number of halogens is 2. The Kier molecular flexibility index (Phi) is 5.93. The van der Waals surface area contributed by atoms with Gasteiger partial charge in [-0.15, -0.1) is 0 Å². The Morgan fingerprint density at radius 3 is 2.32 bits per heavy atom. The molecule has 0 saturated carbocycles. The Labute approximate surface area is 177 Å². The zero-order valence-corrected chi connectivity index (χ0v) is 16.3. The van der Waals surface area contributed by atoms with E-state index in [1.54, 1.807) is 54.7 Å². The van der Waals surface area contributed by atoms with Crippen molar-refractivity contribution in [2.45, 2.75) is 6.54 Å². The van der Waals surface area contributed by atoms with Crippen LogP contribution in [0.25, 0.3) is 11.4 Å². The summed E-state index contributed by atoms with van der Waals surface area (Å²) in [4.78, 5) is 21.2. The SMILES string of the molecule is O=C(NCc1ccc(F)cc1)c1cccc(Nc2ccnc(-c3ccc(F)cc3)n2)c1. The number of aromatic nitrogens is 2. The molecule has 3 aromatic carbocycles. The van der Waals surface area contributed by atoms with Crippen molar-refractivity contribution in [2.75, 3.05) is 5.32 Å². The van der Waals surface area contributed by atoms with E-state index in [-0.39, 0.29) is 17.5 Å². The number of rotatable bonds is 6. The molecule has 0 saturated heterocycles. The molecule has 0 bridgehead atoms. The summed E-state index contributed by atoms with van der Waals surface area (Å²) in [6.45, 7) is 0.295. The van der Waals surface area contributed by atoms with Gasteiger partial charge in [-0.3, -0.25) is 4.79 Å². The van der Waals surface area contributed by atoms with Crippen molar-refractivity contribution in [2.24, 2.45) is 0 Å². The Hall–Kier alpha value is -4.13. The molecular formula is C24H18F2N4O. The predicted octanol–water partition coefficient (Wildman–Crippen LogP) is 5.10. The van der Waals surface area contributed by atoms with Gasteiger partial charge in [0.05, 0.1) is 0 Å². The van der Waals surface area contributed by atoms with Crippen LogP contribution >= 0.6 is 0 Å². The van der Waals surface area contributed by atoms with Gasteiger partial charge in [0.25, 0.3) is 5.91 Å².